The molecule has 0 aromatic carbocycles. The van der Waals surface area contributed by atoms with Gasteiger partial charge in [0, 0.05) is 12.8 Å². The first-order valence-electron chi connectivity index (χ1n) is 4.97. The molecule has 0 radical (unpaired) electrons. The Hall–Kier alpha value is -1.49. The second-order valence-electron chi connectivity index (χ2n) is 3.22. The topological polar surface area (TPSA) is 51.0 Å². The van der Waals surface area contributed by atoms with Crippen LogP contribution in [-0.4, -0.2) is 17.0 Å². The van der Waals surface area contributed by atoms with Crippen LogP contribution in [0.25, 0.3) is 0 Å². The Morgan fingerprint density at radius 2 is 2.25 bits per heavy atom. The van der Waals surface area contributed by atoms with Crippen molar-refractivity contribution in [2.75, 3.05) is 12.4 Å². The molecular weight excluding hydrogens is 222 g/mol. The first-order valence-corrected chi connectivity index (χ1v) is 6.13. The number of anilines is 1. The van der Waals surface area contributed by atoms with Crippen molar-refractivity contribution in [2.24, 2.45) is 0 Å². The lowest BCUT2D eigenvalue weighted by molar-refractivity contribution is 0.530. The second-order valence-corrected chi connectivity index (χ2v) is 4.20. The third kappa shape index (κ3) is 3.00. The van der Waals surface area contributed by atoms with Gasteiger partial charge in [-0.25, -0.2) is 4.98 Å². The number of furan rings is 1. The standard InChI is InChI=1S/C11H13N3OS/c1-12-11-6-13-9(5-14-11)7-16-8-10-3-2-4-15-10/h2-6H,7-8H2,1H3,(H,12,14). The molecule has 1 N–H and O–H groups in total. The van der Waals surface area contributed by atoms with Gasteiger partial charge in [0.2, 0.25) is 0 Å². The van der Waals surface area contributed by atoms with Crippen LogP contribution in [0.15, 0.2) is 35.2 Å². The number of nitrogens with zero attached hydrogens (tertiary/aromatic N) is 2. The van der Waals surface area contributed by atoms with Gasteiger partial charge in [-0.3, -0.25) is 4.98 Å². The molecule has 0 aliphatic heterocycles. The van der Waals surface area contributed by atoms with Crippen molar-refractivity contribution in [3.8, 4) is 0 Å². The monoisotopic (exact) mass is 235 g/mol. The average Bonchev–Trinajstić information content (AvgIpc) is 2.83. The van der Waals surface area contributed by atoms with E-state index in [0.717, 1.165) is 28.8 Å². The maximum atomic E-state index is 5.24. The Kier molecular flexibility index (Phi) is 3.82. The smallest absolute Gasteiger partial charge is 0.144 e. The first-order chi connectivity index (χ1) is 7.88. The second kappa shape index (κ2) is 5.55. The summed E-state index contributed by atoms with van der Waals surface area (Å²) >= 11 is 1.76. The Bertz CT molecular complexity index is 413. The first kappa shape index (κ1) is 11.0. The molecule has 5 heteroatoms. The van der Waals surface area contributed by atoms with E-state index in [1.165, 1.54) is 0 Å². The van der Waals surface area contributed by atoms with E-state index < -0.39 is 0 Å². The van der Waals surface area contributed by atoms with Crippen LogP contribution in [0.2, 0.25) is 0 Å². The van der Waals surface area contributed by atoms with Crippen LogP contribution in [0.1, 0.15) is 11.5 Å². The predicted octanol–water partition coefficient (Wildman–Crippen LogP) is 2.54. The highest BCUT2D eigenvalue weighted by Gasteiger charge is 1.99. The fourth-order valence-corrected chi connectivity index (χ4v) is 2.04. The highest BCUT2D eigenvalue weighted by Crippen LogP contribution is 2.16. The van der Waals surface area contributed by atoms with Gasteiger partial charge in [0.05, 0.1) is 30.1 Å². The highest BCUT2D eigenvalue weighted by atomic mass is 32.2. The van der Waals surface area contributed by atoms with Gasteiger partial charge in [-0.15, -0.1) is 11.8 Å². The van der Waals surface area contributed by atoms with Crippen LogP contribution in [0.4, 0.5) is 5.82 Å². The number of aromatic nitrogens is 2. The van der Waals surface area contributed by atoms with E-state index in [9.17, 15) is 0 Å². The lowest BCUT2D eigenvalue weighted by Crippen LogP contribution is -1.95. The van der Waals surface area contributed by atoms with Gasteiger partial charge in [-0.2, -0.15) is 0 Å². The number of nitrogens with one attached hydrogen (secondary N) is 1. The average molecular weight is 235 g/mol. The molecule has 2 aromatic rings. The van der Waals surface area contributed by atoms with Gasteiger partial charge in [-0.1, -0.05) is 0 Å². The van der Waals surface area contributed by atoms with Crippen LogP contribution >= 0.6 is 11.8 Å². The molecule has 0 saturated carbocycles. The van der Waals surface area contributed by atoms with Crippen molar-refractivity contribution in [1.82, 2.24) is 9.97 Å². The number of rotatable bonds is 5. The minimum Gasteiger partial charge on any atom is -0.468 e. The molecule has 2 rings (SSSR count). The summed E-state index contributed by atoms with van der Waals surface area (Å²) in [7, 11) is 1.83. The minimum absolute atomic E-state index is 0.791. The Balaban J connectivity index is 1.81. The summed E-state index contributed by atoms with van der Waals surface area (Å²) in [5.74, 6) is 3.49. The summed E-state index contributed by atoms with van der Waals surface area (Å²) in [5.41, 5.74) is 0.982. The molecular formula is C11H13N3OS. The summed E-state index contributed by atoms with van der Waals surface area (Å²) < 4.78 is 5.24. The van der Waals surface area contributed by atoms with Crippen LogP contribution in [0, 0.1) is 0 Å². The quantitative estimate of drug-likeness (QED) is 0.863. The van der Waals surface area contributed by atoms with Gasteiger partial charge in [-0.05, 0) is 12.1 Å². The molecule has 0 saturated heterocycles. The molecule has 0 atom stereocenters. The number of hydrogen-bond donors (Lipinski definition) is 1. The number of thioether (sulfide) groups is 1. The molecule has 2 heterocycles. The van der Waals surface area contributed by atoms with Gasteiger partial charge >= 0.3 is 0 Å². The van der Waals surface area contributed by atoms with E-state index in [4.69, 9.17) is 4.42 Å². The van der Waals surface area contributed by atoms with E-state index in [1.54, 1.807) is 30.4 Å². The largest absolute Gasteiger partial charge is 0.468 e. The molecule has 0 aliphatic rings. The van der Waals surface area contributed by atoms with Crippen LogP contribution in [0.3, 0.4) is 0 Å². The summed E-state index contributed by atoms with van der Waals surface area (Å²) in [5, 5.41) is 2.94. The molecule has 0 spiro atoms. The maximum absolute atomic E-state index is 5.24. The summed E-state index contributed by atoms with van der Waals surface area (Å²) in [6.45, 7) is 0. The Morgan fingerprint density at radius 1 is 1.31 bits per heavy atom. The highest BCUT2D eigenvalue weighted by molar-refractivity contribution is 7.97. The van der Waals surface area contributed by atoms with Crippen molar-refractivity contribution in [3.05, 3.63) is 42.2 Å². The summed E-state index contributed by atoms with van der Waals surface area (Å²) in [6.07, 6.45) is 5.22. The molecule has 0 aliphatic carbocycles. The lowest BCUT2D eigenvalue weighted by Gasteiger charge is -2.01. The van der Waals surface area contributed by atoms with Crippen molar-refractivity contribution in [3.63, 3.8) is 0 Å². The van der Waals surface area contributed by atoms with Crippen molar-refractivity contribution >= 4 is 17.6 Å². The van der Waals surface area contributed by atoms with Gasteiger partial charge in [0.15, 0.2) is 0 Å². The molecule has 4 nitrogen and oxygen atoms in total. The predicted molar refractivity (Wildman–Crippen MR) is 65.3 cm³/mol. The molecule has 2 aromatic heterocycles. The van der Waals surface area contributed by atoms with Gasteiger partial charge < -0.3 is 9.73 Å². The van der Waals surface area contributed by atoms with Crippen LogP contribution in [0.5, 0.6) is 0 Å². The molecule has 0 fully saturated rings. The Labute approximate surface area is 98.5 Å². The third-order valence-corrected chi connectivity index (χ3v) is 3.02. The normalized spacial score (nSPS) is 10.3. The summed E-state index contributed by atoms with van der Waals surface area (Å²) in [4.78, 5) is 8.49. The van der Waals surface area contributed by atoms with E-state index in [1.807, 2.05) is 19.2 Å². The van der Waals surface area contributed by atoms with Crippen molar-refractivity contribution in [2.45, 2.75) is 11.5 Å². The number of hydrogen-bond acceptors (Lipinski definition) is 5. The Morgan fingerprint density at radius 3 is 2.88 bits per heavy atom. The minimum atomic E-state index is 0.791. The lowest BCUT2D eigenvalue weighted by atomic mass is 10.5. The zero-order valence-corrected chi connectivity index (χ0v) is 9.83. The zero-order valence-electron chi connectivity index (χ0n) is 9.01. The van der Waals surface area contributed by atoms with Crippen molar-refractivity contribution < 1.29 is 4.42 Å². The van der Waals surface area contributed by atoms with E-state index >= 15 is 0 Å². The van der Waals surface area contributed by atoms with E-state index in [2.05, 4.69) is 15.3 Å². The molecule has 0 amide bonds. The molecule has 16 heavy (non-hydrogen) atoms. The van der Waals surface area contributed by atoms with Crippen LogP contribution < -0.4 is 5.32 Å². The van der Waals surface area contributed by atoms with Gasteiger partial charge in [0.1, 0.15) is 11.6 Å². The van der Waals surface area contributed by atoms with E-state index in [0.29, 0.717) is 0 Å². The molecule has 0 unspecified atom stereocenters. The fourth-order valence-electron chi connectivity index (χ4n) is 1.21. The summed E-state index contributed by atoms with van der Waals surface area (Å²) in [6, 6.07) is 3.88. The van der Waals surface area contributed by atoms with E-state index in [-0.39, 0.29) is 0 Å². The maximum Gasteiger partial charge on any atom is 0.144 e. The third-order valence-electron chi connectivity index (χ3n) is 2.04. The van der Waals surface area contributed by atoms with Crippen LogP contribution in [-0.2, 0) is 11.5 Å². The SMILES string of the molecule is CNc1cnc(CSCc2ccco2)cn1. The zero-order chi connectivity index (χ0) is 11.2. The van der Waals surface area contributed by atoms with Crippen molar-refractivity contribution in [1.29, 1.82) is 0 Å². The van der Waals surface area contributed by atoms with Gasteiger partial charge in [0.25, 0.3) is 0 Å². The molecule has 0 bridgehead atoms. The molecule has 84 valence electrons. The fraction of sp³-hybridized carbons (Fsp3) is 0.273.